The number of hydrogen-bond donors (Lipinski definition) is 2. The van der Waals surface area contributed by atoms with E-state index in [1.807, 2.05) is 24.3 Å². The predicted octanol–water partition coefficient (Wildman–Crippen LogP) is 2.17. The Morgan fingerprint density at radius 1 is 1.14 bits per heavy atom. The Kier molecular flexibility index (Phi) is 5.29. The van der Waals surface area contributed by atoms with Gasteiger partial charge < -0.3 is 15.4 Å². The molecule has 1 aromatic rings. The number of rotatable bonds is 6. The molecule has 1 amide bonds. The standard InChI is InChI=1S/C17H25N3O2/c21-17(14-2-1-3-14)19-16-6-4-15(5-7-16)18-8-9-20-10-12-22-13-11-20/h4-7,14,18H,1-3,8-13H2,(H,19,21). The minimum absolute atomic E-state index is 0.166. The maximum atomic E-state index is 11.9. The summed E-state index contributed by atoms with van der Waals surface area (Å²) in [7, 11) is 0. The summed E-state index contributed by atoms with van der Waals surface area (Å²) in [5.41, 5.74) is 1.98. The van der Waals surface area contributed by atoms with Gasteiger partial charge in [0.15, 0.2) is 0 Å². The normalized spacial score (nSPS) is 19.5. The van der Waals surface area contributed by atoms with E-state index >= 15 is 0 Å². The Morgan fingerprint density at radius 2 is 1.82 bits per heavy atom. The predicted molar refractivity (Wildman–Crippen MR) is 88.2 cm³/mol. The fraction of sp³-hybridized carbons (Fsp3) is 0.588. The van der Waals surface area contributed by atoms with Gasteiger partial charge in [0, 0.05) is 43.5 Å². The molecule has 0 radical (unpaired) electrons. The molecule has 0 bridgehead atoms. The molecule has 0 spiro atoms. The third-order valence-electron chi connectivity index (χ3n) is 4.49. The molecule has 3 rings (SSSR count). The van der Waals surface area contributed by atoms with Crippen molar-refractivity contribution in [3.8, 4) is 0 Å². The molecule has 0 unspecified atom stereocenters. The van der Waals surface area contributed by atoms with Gasteiger partial charge in [0.05, 0.1) is 13.2 Å². The first-order chi connectivity index (χ1) is 10.8. The third-order valence-corrected chi connectivity index (χ3v) is 4.49. The first-order valence-electron chi connectivity index (χ1n) is 8.26. The van der Waals surface area contributed by atoms with E-state index in [2.05, 4.69) is 15.5 Å². The van der Waals surface area contributed by atoms with Gasteiger partial charge in [0.25, 0.3) is 0 Å². The van der Waals surface area contributed by atoms with E-state index in [0.29, 0.717) is 0 Å². The number of carbonyl (C=O) groups excluding carboxylic acids is 1. The van der Waals surface area contributed by atoms with Crippen LogP contribution < -0.4 is 10.6 Å². The number of hydrogen-bond acceptors (Lipinski definition) is 4. The molecule has 2 N–H and O–H groups in total. The minimum Gasteiger partial charge on any atom is -0.384 e. The van der Waals surface area contributed by atoms with Crippen molar-refractivity contribution >= 4 is 17.3 Å². The summed E-state index contributed by atoms with van der Waals surface area (Å²) >= 11 is 0. The highest BCUT2D eigenvalue weighted by molar-refractivity contribution is 5.93. The van der Waals surface area contributed by atoms with E-state index < -0.39 is 0 Å². The number of amides is 1. The van der Waals surface area contributed by atoms with Crippen LogP contribution in [0.2, 0.25) is 0 Å². The first-order valence-corrected chi connectivity index (χ1v) is 8.26. The highest BCUT2D eigenvalue weighted by Crippen LogP contribution is 2.27. The number of ether oxygens (including phenoxy) is 1. The average Bonchev–Trinajstić information content (AvgIpc) is 2.48. The molecule has 5 nitrogen and oxygen atoms in total. The number of nitrogens with zero attached hydrogens (tertiary/aromatic N) is 1. The van der Waals surface area contributed by atoms with Gasteiger partial charge in [-0.25, -0.2) is 0 Å². The fourth-order valence-electron chi connectivity index (χ4n) is 2.77. The lowest BCUT2D eigenvalue weighted by Crippen LogP contribution is -2.38. The van der Waals surface area contributed by atoms with Crippen LogP contribution in [0.4, 0.5) is 11.4 Å². The number of morpholine rings is 1. The van der Waals surface area contributed by atoms with Gasteiger partial charge in [-0.15, -0.1) is 0 Å². The molecule has 5 heteroatoms. The monoisotopic (exact) mass is 303 g/mol. The summed E-state index contributed by atoms with van der Waals surface area (Å²) < 4.78 is 5.34. The van der Waals surface area contributed by atoms with Gasteiger partial charge >= 0.3 is 0 Å². The molecular weight excluding hydrogens is 278 g/mol. The van der Waals surface area contributed by atoms with Crippen molar-refractivity contribution in [1.82, 2.24) is 4.90 Å². The fourth-order valence-corrected chi connectivity index (χ4v) is 2.77. The molecule has 120 valence electrons. The van der Waals surface area contributed by atoms with Crippen molar-refractivity contribution < 1.29 is 9.53 Å². The van der Waals surface area contributed by atoms with Crippen LogP contribution in [-0.2, 0) is 9.53 Å². The Balaban J connectivity index is 1.39. The van der Waals surface area contributed by atoms with E-state index in [-0.39, 0.29) is 11.8 Å². The maximum Gasteiger partial charge on any atom is 0.227 e. The van der Waals surface area contributed by atoms with Crippen LogP contribution in [0, 0.1) is 5.92 Å². The Bertz CT molecular complexity index is 479. The molecule has 2 aliphatic rings. The second-order valence-electron chi connectivity index (χ2n) is 6.08. The zero-order valence-corrected chi connectivity index (χ0v) is 13.0. The molecular formula is C17H25N3O2. The van der Waals surface area contributed by atoms with Crippen molar-refractivity contribution in [2.45, 2.75) is 19.3 Å². The van der Waals surface area contributed by atoms with E-state index in [0.717, 1.165) is 63.6 Å². The van der Waals surface area contributed by atoms with Gasteiger partial charge in [-0.05, 0) is 37.1 Å². The van der Waals surface area contributed by atoms with Crippen molar-refractivity contribution in [3.05, 3.63) is 24.3 Å². The summed E-state index contributed by atoms with van der Waals surface area (Å²) in [4.78, 5) is 14.3. The van der Waals surface area contributed by atoms with Crippen LogP contribution >= 0.6 is 0 Å². The zero-order valence-electron chi connectivity index (χ0n) is 13.0. The van der Waals surface area contributed by atoms with Crippen molar-refractivity contribution in [2.24, 2.45) is 5.92 Å². The largest absolute Gasteiger partial charge is 0.384 e. The molecule has 0 aromatic heterocycles. The summed E-state index contributed by atoms with van der Waals surface area (Å²) in [5, 5.41) is 6.41. The summed E-state index contributed by atoms with van der Waals surface area (Å²) in [6.45, 7) is 5.68. The lowest BCUT2D eigenvalue weighted by molar-refractivity contribution is -0.122. The molecule has 1 aromatic carbocycles. The summed E-state index contributed by atoms with van der Waals surface area (Å²) in [6, 6.07) is 7.98. The maximum absolute atomic E-state index is 11.9. The van der Waals surface area contributed by atoms with Crippen LogP contribution in [0.25, 0.3) is 0 Å². The lowest BCUT2D eigenvalue weighted by atomic mass is 9.85. The van der Waals surface area contributed by atoms with Gasteiger partial charge in [0.1, 0.15) is 0 Å². The first kappa shape index (κ1) is 15.3. The van der Waals surface area contributed by atoms with E-state index in [4.69, 9.17) is 4.74 Å². The highest BCUT2D eigenvalue weighted by Gasteiger charge is 2.24. The van der Waals surface area contributed by atoms with Crippen LogP contribution in [0.1, 0.15) is 19.3 Å². The highest BCUT2D eigenvalue weighted by atomic mass is 16.5. The summed E-state index contributed by atoms with van der Waals surface area (Å²) in [5.74, 6) is 0.394. The summed E-state index contributed by atoms with van der Waals surface area (Å²) in [6.07, 6.45) is 3.25. The molecule has 1 heterocycles. The number of benzene rings is 1. The number of carbonyl (C=O) groups is 1. The van der Waals surface area contributed by atoms with E-state index in [1.165, 1.54) is 6.42 Å². The van der Waals surface area contributed by atoms with Crippen LogP contribution in [0.3, 0.4) is 0 Å². The van der Waals surface area contributed by atoms with Gasteiger partial charge in [-0.2, -0.15) is 0 Å². The number of anilines is 2. The average molecular weight is 303 g/mol. The smallest absolute Gasteiger partial charge is 0.227 e. The molecule has 1 saturated carbocycles. The van der Waals surface area contributed by atoms with E-state index in [1.54, 1.807) is 0 Å². The van der Waals surface area contributed by atoms with Crippen molar-refractivity contribution in [3.63, 3.8) is 0 Å². The van der Waals surface area contributed by atoms with Crippen LogP contribution in [-0.4, -0.2) is 50.2 Å². The second-order valence-corrected chi connectivity index (χ2v) is 6.08. The molecule has 22 heavy (non-hydrogen) atoms. The molecule has 1 saturated heterocycles. The van der Waals surface area contributed by atoms with Gasteiger partial charge in [0.2, 0.25) is 5.91 Å². The zero-order chi connectivity index (χ0) is 15.2. The number of nitrogens with one attached hydrogen (secondary N) is 2. The quantitative estimate of drug-likeness (QED) is 0.846. The molecule has 0 atom stereocenters. The molecule has 2 fully saturated rings. The Morgan fingerprint density at radius 3 is 2.45 bits per heavy atom. The lowest BCUT2D eigenvalue weighted by Gasteiger charge is -2.26. The topological polar surface area (TPSA) is 53.6 Å². The van der Waals surface area contributed by atoms with Crippen molar-refractivity contribution in [2.75, 3.05) is 50.0 Å². The third kappa shape index (κ3) is 4.21. The van der Waals surface area contributed by atoms with Crippen LogP contribution in [0.5, 0.6) is 0 Å². The second kappa shape index (κ2) is 7.61. The van der Waals surface area contributed by atoms with Gasteiger partial charge in [-0.1, -0.05) is 6.42 Å². The van der Waals surface area contributed by atoms with Crippen LogP contribution in [0.15, 0.2) is 24.3 Å². The van der Waals surface area contributed by atoms with E-state index in [9.17, 15) is 4.79 Å². The molecule has 1 aliphatic heterocycles. The molecule has 1 aliphatic carbocycles. The minimum atomic E-state index is 0.166. The van der Waals surface area contributed by atoms with Crippen molar-refractivity contribution in [1.29, 1.82) is 0 Å². The Labute approximate surface area is 132 Å². The van der Waals surface area contributed by atoms with Gasteiger partial charge in [-0.3, -0.25) is 9.69 Å². The Hall–Kier alpha value is -1.59. The SMILES string of the molecule is O=C(Nc1ccc(NCCN2CCOCC2)cc1)C1CCC1.